The van der Waals surface area contributed by atoms with Gasteiger partial charge in [-0.2, -0.15) is 4.31 Å². The van der Waals surface area contributed by atoms with Gasteiger partial charge in [0.2, 0.25) is 10.0 Å². The molecule has 1 atom stereocenters. The van der Waals surface area contributed by atoms with E-state index in [-0.39, 0.29) is 6.04 Å². The Bertz CT molecular complexity index is 1520. The molecular formula is C29H33N5O3S. The van der Waals surface area contributed by atoms with Gasteiger partial charge >= 0.3 is 0 Å². The molecule has 1 aromatic heterocycles. The van der Waals surface area contributed by atoms with Crippen LogP contribution in [0.15, 0.2) is 77.7 Å². The summed E-state index contributed by atoms with van der Waals surface area (Å²) >= 11 is 0. The predicted octanol–water partition coefficient (Wildman–Crippen LogP) is 5.01. The van der Waals surface area contributed by atoms with E-state index in [2.05, 4.69) is 24.1 Å². The van der Waals surface area contributed by atoms with Gasteiger partial charge in [-0.15, -0.1) is 0 Å². The van der Waals surface area contributed by atoms with Crippen LogP contribution in [0.3, 0.4) is 0 Å². The number of aryl methyl sites for hydroxylation is 1. The molecular weight excluding hydrogens is 498 g/mol. The minimum absolute atomic E-state index is 0.0841. The van der Waals surface area contributed by atoms with Crippen molar-refractivity contribution in [3.05, 3.63) is 84.2 Å². The number of aromatic nitrogens is 2. The van der Waals surface area contributed by atoms with Crippen molar-refractivity contribution in [2.24, 2.45) is 0 Å². The summed E-state index contributed by atoms with van der Waals surface area (Å²) in [6.07, 6.45) is 0.879. The second kappa shape index (κ2) is 11.1. The first-order valence-corrected chi connectivity index (χ1v) is 14.3. The Morgan fingerprint density at radius 3 is 2.39 bits per heavy atom. The summed E-state index contributed by atoms with van der Waals surface area (Å²) in [6, 6.07) is 22.8. The summed E-state index contributed by atoms with van der Waals surface area (Å²) < 4.78 is 33.4. The average Bonchev–Trinajstić information content (AvgIpc) is 2.97. The molecule has 0 amide bonds. The number of methoxy groups -OCH3 is 1. The standard InChI is InChI=1S/C29H33N5O3S/c1-4-22-12-14-25(15-13-22)38(35,36)34-18-16-33(17-19-34)21(2)28-31-27-11-6-5-10-26(27)29(32-28)30-23-8-7-9-24(20-23)37-3/h5-15,20-21H,4,16-19H2,1-3H3,(H,30,31,32)/t21-/m1/s1. The van der Waals surface area contributed by atoms with Gasteiger partial charge in [0.15, 0.2) is 0 Å². The summed E-state index contributed by atoms with van der Waals surface area (Å²) in [5, 5.41) is 4.36. The first kappa shape index (κ1) is 26.1. The highest BCUT2D eigenvalue weighted by Gasteiger charge is 2.31. The number of piperazine rings is 1. The normalized spacial score (nSPS) is 15.9. The maximum absolute atomic E-state index is 13.2. The van der Waals surface area contributed by atoms with Crippen LogP contribution in [0.4, 0.5) is 11.5 Å². The van der Waals surface area contributed by atoms with Crippen LogP contribution in [0, 0.1) is 0 Å². The lowest BCUT2D eigenvalue weighted by molar-refractivity contribution is 0.141. The number of ether oxygens (including phenoxy) is 1. The number of anilines is 2. The SMILES string of the molecule is CCc1ccc(S(=O)(=O)N2CCN([C@H](C)c3nc(Nc4cccc(OC)c4)c4ccccc4n3)CC2)cc1. The van der Waals surface area contributed by atoms with Crippen molar-refractivity contribution < 1.29 is 13.2 Å². The minimum atomic E-state index is -3.52. The van der Waals surface area contributed by atoms with E-state index < -0.39 is 10.0 Å². The Morgan fingerprint density at radius 1 is 0.947 bits per heavy atom. The van der Waals surface area contributed by atoms with E-state index in [0.29, 0.717) is 36.9 Å². The average molecular weight is 532 g/mol. The maximum Gasteiger partial charge on any atom is 0.243 e. The molecule has 9 heteroatoms. The van der Waals surface area contributed by atoms with Crippen LogP contribution in [0.25, 0.3) is 10.9 Å². The summed E-state index contributed by atoms with van der Waals surface area (Å²) in [6.45, 7) is 6.17. The summed E-state index contributed by atoms with van der Waals surface area (Å²) in [5.74, 6) is 2.18. The highest BCUT2D eigenvalue weighted by molar-refractivity contribution is 7.89. The lowest BCUT2D eigenvalue weighted by Crippen LogP contribution is -2.49. The molecule has 0 radical (unpaired) electrons. The van der Waals surface area contributed by atoms with E-state index in [1.54, 1.807) is 23.5 Å². The van der Waals surface area contributed by atoms with Gasteiger partial charge < -0.3 is 10.1 Å². The molecule has 0 bridgehead atoms. The molecule has 1 aliphatic rings. The molecule has 8 nitrogen and oxygen atoms in total. The molecule has 1 saturated heterocycles. The van der Waals surface area contributed by atoms with Gasteiger partial charge in [0, 0.05) is 43.3 Å². The van der Waals surface area contributed by atoms with Gasteiger partial charge in [0.05, 0.1) is 23.6 Å². The van der Waals surface area contributed by atoms with Crippen molar-refractivity contribution in [1.29, 1.82) is 0 Å². The third-order valence-corrected chi connectivity index (χ3v) is 9.03. The number of nitrogens with one attached hydrogen (secondary N) is 1. The van der Waals surface area contributed by atoms with Crippen molar-refractivity contribution in [2.45, 2.75) is 31.2 Å². The third kappa shape index (κ3) is 5.36. The minimum Gasteiger partial charge on any atom is -0.497 e. The molecule has 0 saturated carbocycles. The van der Waals surface area contributed by atoms with Crippen LogP contribution >= 0.6 is 0 Å². The molecule has 2 heterocycles. The van der Waals surface area contributed by atoms with E-state index in [9.17, 15) is 8.42 Å². The predicted molar refractivity (Wildman–Crippen MR) is 150 cm³/mol. The maximum atomic E-state index is 13.2. The van der Waals surface area contributed by atoms with Gasteiger partial charge in [0.25, 0.3) is 0 Å². The smallest absolute Gasteiger partial charge is 0.243 e. The van der Waals surface area contributed by atoms with Gasteiger partial charge in [-0.3, -0.25) is 4.90 Å². The molecule has 1 aliphatic heterocycles. The lowest BCUT2D eigenvalue weighted by atomic mass is 10.2. The molecule has 38 heavy (non-hydrogen) atoms. The number of nitrogens with zero attached hydrogens (tertiary/aromatic N) is 4. The van der Waals surface area contributed by atoms with Crippen molar-refractivity contribution in [3.63, 3.8) is 0 Å². The Hall–Kier alpha value is -3.53. The lowest BCUT2D eigenvalue weighted by Gasteiger charge is -2.36. The highest BCUT2D eigenvalue weighted by Crippen LogP contribution is 2.29. The van der Waals surface area contributed by atoms with Crippen LogP contribution in [0.5, 0.6) is 5.75 Å². The number of fused-ring (bicyclic) bond motifs is 1. The van der Waals surface area contributed by atoms with E-state index in [1.165, 1.54) is 0 Å². The fraction of sp³-hybridized carbons (Fsp3) is 0.310. The van der Waals surface area contributed by atoms with Gasteiger partial charge in [-0.05, 0) is 55.3 Å². The zero-order valence-corrected chi connectivity index (χ0v) is 22.8. The summed E-state index contributed by atoms with van der Waals surface area (Å²) in [7, 11) is -1.88. The molecule has 5 rings (SSSR count). The number of rotatable bonds is 8. The molecule has 0 aliphatic carbocycles. The van der Waals surface area contributed by atoms with Crippen LogP contribution < -0.4 is 10.1 Å². The van der Waals surface area contributed by atoms with Crippen LogP contribution in [0.1, 0.15) is 31.3 Å². The van der Waals surface area contributed by atoms with Crippen LogP contribution in [0.2, 0.25) is 0 Å². The zero-order valence-electron chi connectivity index (χ0n) is 22.0. The summed E-state index contributed by atoms with van der Waals surface area (Å²) in [5.41, 5.74) is 2.85. The Labute approximate surface area is 224 Å². The van der Waals surface area contributed by atoms with Gasteiger partial charge in [-0.25, -0.2) is 18.4 Å². The fourth-order valence-electron chi connectivity index (χ4n) is 4.75. The van der Waals surface area contributed by atoms with E-state index in [1.807, 2.05) is 60.7 Å². The topological polar surface area (TPSA) is 87.7 Å². The number of hydrogen-bond donors (Lipinski definition) is 1. The van der Waals surface area contributed by atoms with Gasteiger partial charge in [-0.1, -0.05) is 37.3 Å². The number of sulfonamides is 1. The first-order chi connectivity index (χ1) is 18.4. The Balaban J connectivity index is 1.34. The fourth-order valence-corrected chi connectivity index (χ4v) is 6.18. The molecule has 1 fully saturated rings. The Kier molecular flexibility index (Phi) is 7.60. The second-order valence-electron chi connectivity index (χ2n) is 9.42. The number of para-hydroxylation sites is 1. The van der Waals surface area contributed by atoms with Crippen molar-refractivity contribution >= 4 is 32.4 Å². The van der Waals surface area contributed by atoms with Gasteiger partial charge in [0.1, 0.15) is 17.4 Å². The number of hydrogen-bond acceptors (Lipinski definition) is 7. The molecule has 198 valence electrons. The third-order valence-electron chi connectivity index (χ3n) is 7.12. The largest absolute Gasteiger partial charge is 0.497 e. The zero-order chi connectivity index (χ0) is 26.7. The molecule has 1 N–H and O–H groups in total. The van der Waals surface area contributed by atoms with E-state index in [0.717, 1.165) is 40.1 Å². The van der Waals surface area contributed by atoms with E-state index in [4.69, 9.17) is 14.7 Å². The molecule has 0 unspecified atom stereocenters. The first-order valence-electron chi connectivity index (χ1n) is 12.9. The molecule has 4 aromatic rings. The molecule has 0 spiro atoms. The van der Waals surface area contributed by atoms with Crippen molar-refractivity contribution in [1.82, 2.24) is 19.2 Å². The van der Waals surface area contributed by atoms with E-state index >= 15 is 0 Å². The summed E-state index contributed by atoms with van der Waals surface area (Å²) in [4.78, 5) is 12.4. The monoisotopic (exact) mass is 531 g/mol. The quantitative estimate of drug-likeness (QED) is 0.342. The van der Waals surface area contributed by atoms with Crippen molar-refractivity contribution in [2.75, 3.05) is 38.6 Å². The molecule has 3 aromatic carbocycles. The van der Waals surface area contributed by atoms with Crippen LogP contribution in [-0.4, -0.2) is 60.9 Å². The van der Waals surface area contributed by atoms with Crippen LogP contribution in [-0.2, 0) is 16.4 Å². The second-order valence-corrected chi connectivity index (χ2v) is 11.4. The highest BCUT2D eigenvalue weighted by atomic mass is 32.2. The van der Waals surface area contributed by atoms with Crippen molar-refractivity contribution in [3.8, 4) is 5.75 Å². The Morgan fingerprint density at radius 2 is 1.68 bits per heavy atom. The number of benzene rings is 3.